The molecule has 4 nitrogen and oxygen atoms in total. The van der Waals surface area contributed by atoms with Gasteiger partial charge in [0.1, 0.15) is 0 Å². The molecule has 0 aliphatic heterocycles. The van der Waals surface area contributed by atoms with Gasteiger partial charge in [0.2, 0.25) is 0 Å². The summed E-state index contributed by atoms with van der Waals surface area (Å²) in [6, 6.07) is 2.12. The zero-order valence-electron chi connectivity index (χ0n) is 14.9. The number of hydrogen-bond donors (Lipinski definition) is 0. The minimum Gasteiger partial charge on any atom is -0.392 e. The molecule has 0 aliphatic carbocycles. The van der Waals surface area contributed by atoms with Gasteiger partial charge < -0.3 is 18.3 Å². The van der Waals surface area contributed by atoms with Crippen LogP contribution in [0.3, 0.4) is 0 Å². The lowest BCUT2D eigenvalue weighted by molar-refractivity contribution is 0.0842. The second-order valence-corrected chi connectivity index (χ2v) is 9.86. The van der Waals surface area contributed by atoms with Crippen LogP contribution < -0.4 is 0 Å². The Labute approximate surface area is 132 Å². The highest BCUT2D eigenvalue weighted by Crippen LogP contribution is 2.27. The SMILES string of the molecule is COCCO[Si](CCC(C)C)(CCC(C)C)OCCOC. The Morgan fingerprint density at radius 3 is 1.33 bits per heavy atom. The van der Waals surface area contributed by atoms with Crippen LogP contribution in [0.2, 0.25) is 12.1 Å². The first-order valence-corrected chi connectivity index (χ1v) is 10.4. The molecule has 0 aromatic heterocycles. The predicted molar refractivity (Wildman–Crippen MR) is 89.9 cm³/mol. The fourth-order valence-electron chi connectivity index (χ4n) is 2.09. The summed E-state index contributed by atoms with van der Waals surface area (Å²) in [6.07, 6.45) is 2.31. The van der Waals surface area contributed by atoms with E-state index in [1.807, 2.05) is 0 Å². The van der Waals surface area contributed by atoms with Crippen LogP contribution >= 0.6 is 0 Å². The lowest BCUT2D eigenvalue weighted by Crippen LogP contribution is -2.44. The van der Waals surface area contributed by atoms with Gasteiger partial charge >= 0.3 is 8.56 Å². The zero-order valence-corrected chi connectivity index (χ0v) is 15.9. The Balaban J connectivity index is 4.68. The summed E-state index contributed by atoms with van der Waals surface area (Å²) < 4.78 is 22.8. The highest BCUT2D eigenvalue weighted by molar-refractivity contribution is 6.67. The first-order chi connectivity index (χ1) is 9.95. The average Bonchev–Trinajstić information content (AvgIpc) is 2.43. The molecule has 0 saturated carbocycles. The summed E-state index contributed by atoms with van der Waals surface area (Å²) in [5, 5.41) is 0. The monoisotopic (exact) mass is 320 g/mol. The van der Waals surface area contributed by atoms with Crippen molar-refractivity contribution < 1.29 is 18.3 Å². The zero-order chi connectivity index (χ0) is 16.1. The molecule has 5 heteroatoms. The van der Waals surface area contributed by atoms with E-state index in [1.165, 1.54) is 0 Å². The van der Waals surface area contributed by atoms with E-state index in [4.69, 9.17) is 18.3 Å². The van der Waals surface area contributed by atoms with Crippen LogP contribution in [0.25, 0.3) is 0 Å². The molecule has 0 amide bonds. The Kier molecular flexibility index (Phi) is 12.6. The maximum Gasteiger partial charge on any atom is 0.338 e. The summed E-state index contributed by atoms with van der Waals surface area (Å²) >= 11 is 0. The van der Waals surface area contributed by atoms with Crippen LogP contribution in [0.15, 0.2) is 0 Å². The molecule has 0 aliphatic rings. The molecule has 0 rings (SSSR count). The van der Waals surface area contributed by atoms with Crippen molar-refractivity contribution in [2.24, 2.45) is 11.8 Å². The van der Waals surface area contributed by atoms with E-state index >= 15 is 0 Å². The first kappa shape index (κ1) is 21.1. The Bertz CT molecular complexity index is 210. The van der Waals surface area contributed by atoms with Gasteiger partial charge in [-0.15, -0.1) is 0 Å². The molecule has 0 radical (unpaired) electrons. The summed E-state index contributed by atoms with van der Waals surface area (Å²) in [4.78, 5) is 0. The van der Waals surface area contributed by atoms with E-state index in [1.54, 1.807) is 14.2 Å². The van der Waals surface area contributed by atoms with Gasteiger partial charge in [0.25, 0.3) is 0 Å². The molecule has 21 heavy (non-hydrogen) atoms. The molecule has 0 spiro atoms. The van der Waals surface area contributed by atoms with Gasteiger partial charge in [-0.3, -0.25) is 0 Å². The number of ether oxygens (including phenoxy) is 2. The first-order valence-electron chi connectivity index (χ1n) is 8.21. The molecule has 0 heterocycles. The molecule has 0 N–H and O–H groups in total. The molecule has 0 aromatic rings. The van der Waals surface area contributed by atoms with E-state index in [9.17, 15) is 0 Å². The van der Waals surface area contributed by atoms with Crippen LogP contribution in [0.1, 0.15) is 40.5 Å². The third-order valence-electron chi connectivity index (χ3n) is 3.51. The van der Waals surface area contributed by atoms with Crippen LogP contribution in [-0.2, 0) is 18.3 Å². The third-order valence-corrected chi connectivity index (χ3v) is 7.07. The Hall–Kier alpha value is 0.0569. The fraction of sp³-hybridized carbons (Fsp3) is 1.00. The van der Waals surface area contributed by atoms with Crippen LogP contribution in [0, 0.1) is 11.8 Å². The smallest absolute Gasteiger partial charge is 0.338 e. The van der Waals surface area contributed by atoms with Crippen molar-refractivity contribution in [1.29, 1.82) is 0 Å². The molecular formula is C16H36O4Si. The minimum atomic E-state index is -2.16. The summed E-state index contributed by atoms with van der Waals surface area (Å²) in [6.45, 7) is 11.5. The van der Waals surface area contributed by atoms with E-state index < -0.39 is 8.56 Å². The molecule has 128 valence electrons. The van der Waals surface area contributed by atoms with E-state index in [2.05, 4.69) is 27.7 Å². The van der Waals surface area contributed by atoms with Crippen molar-refractivity contribution in [3.8, 4) is 0 Å². The maximum atomic E-state index is 6.25. The fourth-order valence-corrected chi connectivity index (χ4v) is 5.95. The van der Waals surface area contributed by atoms with Crippen molar-refractivity contribution in [2.45, 2.75) is 52.6 Å². The topological polar surface area (TPSA) is 36.9 Å². The van der Waals surface area contributed by atoms with Crippen molar-refractivity contribution >= 4 is 8.56 Å². The number of hydrogen-bond acceptors (Lipinski definition) is 4. The second-order valence-electron chi connectivity index (χ2n) is 6.46. The van der Waals surface area contributed by atoms with Gasteiger partial charge in [-0.2, -0.15) is 0 Å². The summed E-state index contributed by atoms with van der Waals surface area (Å²) in [7, 11) is 1.26. The van der Waals surface area contributed by atoms with Crippen molar-refractivity contribution in [3.05, 3.63) is 0 Å². The quantitative estimate of drug-likeness (QED) is 0.360. The van der Waals surface area contributed by atoms with Crippen molar-refractivity contribution in [3.63, 3.8) is 0 Å². The highest BCUT2D eigenvalue weighted by atomic mass is 28.4. The second kappa shape index (κ2) is 12.6. The summed E-state index contributed by atoms with van der Waals surface area (Å²) in [5.74, 6) is 1.35. The van der Waals surface area contributed by atoms with Crippen molar-refractivity contribution in [2.75, 3.05) is 40.6 Å². The van der Waals surface area contributed by atoms with Crippen molar-refractivity contribution in [1.82, 2.24) is 0 Å². The molecule has 0 bridgehead atoms. The number of rotatable bonds is 14. The van der Waals surface area contributed by atoms with Gasteiger partial charge in [0, 0.05) is 14.2 Å². The van der Waals surface area contributed by atoms with Gasteiger partial charge in [-0.05, 0) is 36.8 Å². The third kappa shape index (κ3) is 11.3. The molecular weight excluding hydrogens is 284 g/mol. The summed E-state index contributed by atoms with van der Waals surface area (Å²) in [5.41, 5.74) is 0. The molecule has 0 fully saturated rings. The highest BCUT2D eigenvalue weighted by Gasteiger charge is 2.37. The van der Waals surface area contributed by atoms with E-state index in [0.717, 1.165) is 24.9 Å². The lowest BCUT2D eigenvalue weighted by atomic mass is 10.2. The average molecular weight is 321 g/mol. The Morgan fingerprint density at radius 1 is 0.667 bits per heavy atom. The van der Waals surface area contributed by atoms with E-state index in [-0.39, 0.29) is 0 Å². The van der Waals surface area contributed by atoms with Gasteiger partial charge in [0.15, 0.2) is 0 Å². The normalized spacial score (nSPS) is 12.6. The van der Waals surface area contributed by atoms with Crippen LogP contribution in [0.4, 0.5) is 0 Å². The van der Waals surface area contributed by atoms with Crippen LogP contribution in [0.5, 0.6) is 0 Å². The standard InChI is InChI=1S/C16H36O4Si/c1-15(2)7-13-21(14-8-16(3)4,19-11-9-17-5)20-12-10-18-6/h15-16H,7-14H2,1-6H3. The minimum absolute atomic E-state index is 0.631. The lowest BCUT2D eigenvalue weighted by Gasteiger charge is -2.32. The van der Waals surface area contributed by atoms with Gasteiger partial charge in [-0.1, -0.05) is 27.7 Å². The van der Waals surface area contributed by atoms with Crippen LogP contribution in [-0.4, -0.2) is 49.2 Å². The van der Waals surface area contributed by atoms with Gasteiger partial charge in [-0.25, -0.2) is 0 Å². The maximum absolute atomic E-state index is 6.25. The Morgan fingerprint density at radius 2 is 1.05 bits per heavy atom. The molecule has 0 unspecified atom stereocenters. The largest absolute Gasteiger partial charge is 0.392 e. The van der Waals surface area contributed by atoms with Gasteiger partial charge in [0.05, 0.1) is 26.4 Å². The number of methoxy groups -OCH3 is 2. The molecule has 0 saturated heterocycles. The molecule has 0 aromatic carbocycles. The predicted octanol–water partition coefficient (Wildman–Crippen LogP) is 3.85. The van der Waals surface area contributed by atoms with E-state index in [0.29, 0.717) is 38.3 Å². The molecule has 0 atom stereocenters.